The van der Waals surface area contributed by atoms with Crippen LogP contribution in [0.2, 0.25) is 0 Å². The quantitative estimate of drug-likeness (QED) is 0.774. The molecule has 0 amide bonds. The normalized spacial score (nSPS) is 17.4. The fourth-order valence-electron chi connectivity index (χ4n) is 2.75. The zero-order chi connectivity index (χ0) is 14.4. The molecule has 0 radical (unpaired) electrons. The molecule has 6 heteroatoms. The molecular weight excluding hydrogens is 278 g/mol. The van der Waals surface area contributed by atoms with Crippen molar-refractivity contribution in [3.8, 4) is 0 Å². The molecule has 1 aromatic rings. The van der Waals surface area contributed by atoms with E-state index in [-0.39, 0.29) is 11.5 Å². The van der Waals surface area contributed by atoms with Crippen LogP contribution in [0.4, 0.5) is 0 Å². The summed E-state index contributed by atoms with van der Waals surface area (Å²) in [5, 5.41) is 3.78. The van der Waals surface area contributed by atoms with Gasteiger partial charge in [0.2, 0.25) is 0 Å². The lowest BCUT2D eigenvalue weighted by Gasteiger charge is -2.21. The van der Waals surface area contributed by atoms with Crippen LogP contribution in [0, 0.1) is 5.92 Å². The van der Waals surface area contributed by atoms with Crippen LogP contribution in [0.25, 0.3) is 0 Å². The predicted molar refractivity (Wildman–Crippen MR) is 75.9 cm³/mol. The average molecular weight is 301 g/mol. The largest absolute Gasteiger partial charge is 0.377 e. The first kappa shape index (κ1) is 15.5. The lowest BCUT2D eigenvalue weighted by atomic mass is 9.88. The molecule has 0 unspecified atom stereocenters. The van der Waals surface area contributed by atoms with E-state index in [1.165, 1.54) is 32.1 Å². The zero-order valence-corrected chi connectivity index (χ0v) is 12.8. The smallest absolute Gasteiger partial charge is 0.162 e. The first-order valence-electron chi connectivity index (χ1n) is 7.23. The topological polar surface area (TPSA) is 69.4 Å². The summed E-state index contributed by atoms with van der Waals surface area (Å²) < 4.78 is 34.1. The summed E-state index contributed by atoms with van der Waals surface area (Å²) in [5.74, 6) is 1.36. The van der Waals surface area contributed by atoms with Crippen molar-refractivity contribution in [2.45, 2.75) is 50.9 Å². The van der Waals surface area contributed by atoms with E-state index in [4.69, 9.17) is 9.26 Å². The monoisotopic (exact) mass is 301 g/mol. The van der Waals surface area contributed by atoms with Crippen LogP contribution >= 0.6 is 0 Å². The van der Waals surface area contributed by atoms with Crippen LogP contribution in [0.1, 0.15) is 50.0 Å². The van der Waals surface area contributed by atoms with Gasteiger partial charge in [0.25, 0.3) is 0 Å². The van der Waals surface area contributed by atoms with Gasteiger partial charge in [0, 0.05) is 13.2 Å². The summed E-state index contributed by atoms with van der Waals surface area (Å²) in [6.07, 6.45) is 6.92. The van der Waals surface area contributed by atoms with Gasteiger partial charge >= 0.3 is 0 Å². The van der Waals surface area contributed by atoms with E-state index in [9.17, 15) is 8.42 Å². The van der Waals surface area contributed by atoms with Crippen LogP contribution in [0.3, 0.4) is 0 Å². The number of methoxy groups -OCH3 is 1. The predicted octanol–water partition coefficient (Wildman–Crippen LogP) is 2.71. The standard InChI is InChI=1S/C14H23NO4S/c1-18-10-14-9-13(15-19-14)11-20(16,17)8-7-12-5-3-2-4-6-12/h9,12H,2-8,10-11H2,1H3. The fraction of sp³-hybridized carbons (Fsp3) is 0.786. The highest BCUT2D eigenvalue weighted by molar-refractivity contribution is 7.90. The molecule has 2 rings (SSSR count). The maximum atomic E-state index is 12.1. The Morgan fingerprint density at radius 2 is 2.10 bits per heavy atom. The number of hydrogen-bond acceptors (Lipinski definition) is 5. The summed E-state index contributed by atoms with van der Waals surface area (Å²) in [5.41, 5.74) is 0.473. The van der Waals surface area contributed by atoms with Gasteiger partial charge < -0.3 is 9.26 Å². The Bertz CT molecular complexity index is 503. The molecule has 1 aliphatic rings. The Balaban J connectivity index is 1.82. The van der Waals surface area contributed by atoms with Gasteiger partial charge in [0.15, 0.2) is 15.6 Å². The number of aromatic nitrogens is 1. The zero-order valence-electron chi connectivity index (χ0n) is 12.0. The van der Waals surface area contributed by atoms with Crippen LogP contribution in [-0.2, 0) is 26.9 Å². The molecule has 0 aliphatic heterocycles. The second-order valence-electron chi connectivity index (χ2n) is 5.60. The fourth-order valence-corrected chi connectivity index (χ4v) is 4.18. The Hall–Kier alpha value is -0.880. The molecule has 0 spiro atoms. The number of ether oxygens (including phenoxy) is 1. The van der Waals surface area contributed by atoms with E-state index in [2.05, 4.69) is 5.16 Å². The van der Waals surface area contributed by atoms with E-state index in [0.29, 0.717) is 24.0 Å². The summed E-state index contributed by atoms with van der Waals surface area (Å²) in [6.45, 7) is 0.315. The molecule has 20 heavy (non-hydrogen) atoms. The van der Waals surface area contributed by atoms with Crippen molar-refractivity contribution in [2.75, 3.05) is 12.9 Å². The molecule has 0 bridgehead atoms. The molecule has 0 atom stereocenters. The SMILES string of the molecule is COCc1cc(CS(=O)(=O)CCC2CCCCC2)no1. The molecule has 1 saturated carbocycles. The Morgan fingerprint density at radius 1 is 1.35 bits per heavy atom. The van der Waals surface area contributed by atoms with Gasteiger partial charge in [-0.05, 0) is 12.3 Å². The minimum atomic E-state index is -3.10. The van der Waals surface area contributed by atoms with E-state index in [0.717, 1.165) is 6.42 Å². The van der Waals surface area contributed by atoms with Crippen LogP contribution in [-0.4, -0.2) is 26.4 Å². The maximum absolute atomic E-state index is 12.1. The highest BCUT2D eigenvalue weighted by atomic mass is 32.2. The number of nitrogens with zero attached hydrogens (tertiary/aromatic N) is 1. The van der Waals surface area contributed by atoms with Crippen LogP contribution in [0.15, 0.2) is 10.6 Å². The summed E-state index contributed by atoms with van der Waals surface area (Å²) in [6, 6.07) is 1.65. The van der Waals surface area contributed by atoms with Gasteiger partial charge in [0.1, 0.15) is 6.61 Å². The molecular formula is C14H23NO4S. The Kier molecular flexibility index (Phi) is 5.60. The van der Waals surface area contributed by atoms with Crippen molar-refractivity contribution in [3.63, 3.8) is 0 Å². The molecule has 1 heterocycles. The van der Waals surface area contributed by atoms with Gasteiger partial charge in [-0.15, -0.1) is 0 Å². The molecule has 0 saturated heterocycles. The highest BCUT2D eigenvalue weighted by Crippen LogP contribution is 2.27. The third-order valence-electron chi connectivity index (χ3n) is 3.82. The van der Waals surface area contributed by atoms with E-state index in [1.807, 2.05) is 0 Å². The molecule has 1 fully saturated rings. The molecule has 0 aromatic carbocycles. The number of sulfone groups is 1. The van der Waals surface area contributed by atoms with Crippen LogP contribution in [0.5, 0.6) is 0 Å². The Labute approximate surface area is 120 Å². The van der Waals surface area contributed by atoms with Crippen molar-refractivity contribution < 1.29 is 17.7 Å². The van der Waals surface area contributed by atoms with Crippen molar-refractivity contribution in [1.82, 2.24) is 5.16 Å². The highest BCUT2D eigenvalue weighted by Gasteiger charge is 2.20. The van der Waals surface area contributed by atoms with Gasteiger partial charge in [-0.3, -0.25) is 0 Å². The molecule has 5 nitrogen and oxygen atoms in total. The van der Waals surface area contributed by atoms with Crippen molar-refractivity contribution in [1.29, 1.82) is 0 Å². The summed E-state index contributed by atoms with van der Waals surface area (Å²) >= 11 is 0. The summed E-state index contributed by atoms with van der Waals surface area (Å²) in [4.78, 5) is 0. The number of hydrogen-bond donors (Lipinski definition) is 0. The second kappa shape index (κ2) is 7.22. The first-order valence-corrected chi connectivity index (χ1v) is 9.05. The van der Waals surface area contributed by atoms with E-state index < -0.39 is 9.84 Å². The minimum absolute atomic E-state index is 0.0348. The molecule has 114 valence electrons. The third-order valence-corrected chi connectivity index (χ3v) is 5.42. The van der Waals surface area contributed by atoms with Gasteiger partial charge in [-0.1, -0.05) is 37.3 Å². The van der Waals surface area contributed by atoms with E-state index >= 15 is 0 Å². The average Bonchev–Trinajstić information content (AvgIpc) is 2.85. The van der Waals surface area contributed by atoms with E-state index in [1.54, 1.807) is 13.2 Å². The minimum Gasteiger partial charge on any atom is -0.377 e. The lowest BCUT2D eigenvalue weighted by Crippen LogP contribution is -2.15. The molecule has 1 aromatic heterocycles. The number of rotatable bonds is 7. The third kappa shape index (κ3) is 4.90. The maximum Gasteiger partial charge on any atom is 0.162 e. The summed E-state index contributed by atoms with van der Waals surface area (Å²) in [7, 11) is -1.54. The Morgan fingerprint density at radius 3 is 2.80 bits per heavy atom. The van der Waals surface area contributed by atoms with Crippen molar-refractivity contribution in [3.05, 3.63) is 17.5 Å². The van der Waals surface area contributed by atoms with Crippen LogP contribution < -0.4 is 0 Å². The second-order valence-corrected chi connectivity index (χ2v) is 7.79. The van der Waals surface area contributed by atoms with Gasteiger partial charge in [-0.25, -0.2) is 8.42 Å². The lowest BCUT2D eigenvalue weighted by molar-refractivity contribution is 0.156. The van der Waals surface area contributed by atoms with Crippen molar-refractivity contribution in [2.24, 2.45) is 5.92 Å². The van der Waals surface area contributed by atoms with Gasteiger partial charge in [-0.2, -0.15) is 0 Å². The van der Waals surface area contributed by atoms with Gasteiger partial charge in [0.05, 0.1) is 17.2 Å². The first-order chi connectivity index (χ1) is 9.59. The molecule has 0 N–H and O–H groups in total. The molecule has 1 aliphatic carbocycles. The van der Waals surface area contributed by atoms with Crippen molar-refractivity contribution >= 4 is 9.84 Å².